The average molecular weight is 660 g/mol. The van der Waals surface area contributed by atoms with Crippen LogP contribution in [0.1, 0.15) is 29.0 Å². The van der Waals surface area contributed by atoms with Gasteiger partial charge in [0.05, 0.1) is 5.56 Å². The van der Waals surface area contributed by atoms with Gasteiger partial charge in [-0.3, -0.25) is 5.32 Å². The molecule has 2 unspecified atom stereocenters. The SMILES string of the molecule is c1ccc(C2N=C(c3cccc4c3oc3ccc(-c5cccc6c5oc5ccccc56)cc34)NC(c3cccc4oc5ccccc5c34)N2)cc1. The van der Waals surface area contributed by atoms with Crippen LogP contribution in [0.15, 0.2) is 170 Å². The third kappa shape index (κ3) is 4.37. The van der Waals surface area contributed by atoms with Crippen LogP contribution in [0.4, 0.5) is 0 Å². The number of para-hydroxylation sites is 4. The molecule has 2 N–H and O–H groups in total. The Morgan fingerprint density at radius 1 is 0.471 bits per heavy atom. The van der Waals surface area contributed by atoms with Gasteiger partial charge < -0.3 is 18.6 Å². The number of amidine groups is 1. The van der Waals surface area contributed by atoms with Crippen LogP contribution in [-0.2, 0) is 0 Å². The second-order valence-electron chi connectivity index (χ2n) is 13.1. The first-order chi connectivity index (χ1) is 25.3. The molecule has 7 aromatic carbocycles. The number of hydrogen-bond donors (Lipinski definition) is 2. The molecule has 4 heterocycles. The van der Waals surface area contributed by atoms with Gasteiger partial charge in [-0.25, -0.2) is 4.99 Å². The fourth-order valence-electron chi connectivity index (χ4n) is 7.83. The summed E-state index contributed by atoms with van der Waals surface area (Å²) in [5.41, 5.74) is 10.3. The van der Waals surface area contributed by atoms with Crippen molar-refractivity contribution in [1.82, 2.24) is 10.6 Å². The lowest BCUT2D eigenvalue weighted by molar-refractivity contribution is 0.411. The largest absolute Gasteiger partial charge is 0.456 e. The zero-order chi connectivity index (χ0) is 33.5. The molecule has 0 aliphatic carbocycles. The van der Waals surface area contributed by atoms with Gasteiger partial charge >= 0.3 is 0 Å². The molecule has 0 saturated heterocycles. The molecule has 6 heteroatoms. The summed E-state index contributed by atoms with van der Waals surface area (Å²) in [7, 11) is 0. The summed E-state index contributed by atoms with van der Waals surface area (Å²) >= 11 is 0. The Hall–Kier alpha value is -6.63. The maximum absolute atomic E-state index is 6.68. The highest BCUT2D eigenvalue weighted by Gasteiger charge is 2.29. The lowest BCUT2D eigenvalue weighted by atomic mass is 9.99. The monoisotopic (exact) mass is 659 g/mol. The van der Waals surface area contributed by atoms with Crippen LogP contribution in [0, 0.1) is 0 Å². The summed E-state index contributed by atoms with van der Waals surface area (Å²) in [5, 5.41) is 14.0. The molecule has 3 aromatic heterocycles. The predicted octanol–water partition coefficient (Wildman–Crippen LogP) is 11.4. The van der Waals surface area contributed by atoms with E-state index in [4.69, 9.17) is 18.2 Å². The predicted molar refractivity (Wildman–Crippen MR) is 205 cm³/mol. The molecule has 0 saturated carbocycles. The second kappa shape index (κ2) is 10.9. The van der Waals surface area contributed by atoms with E-state index in [2.05, 4.69) is 126 Å². The van der Waals surface area contributed by atoms with Crippen molar-refractivity contribution in [2.24, 2.45) is 4.99 Å². The molecular formula is C45H29N3O3. The van der Waals surface area contributed by atoms with E-state index in [-0.39, 0.29) is 12.3 Å². The van der Waals surface area contributed by atoms with Gasteiger partial charge in [-0.15, -0.1) is 0 Å². The zero-order valence-electron chi connectivity index (χ0n) is 27.3. The normalized spacial score (nSPS) is 16.4. The van der Waals surface area contributed by atoms with Crippen LogP contribution in [-0.4, -0.2) is 5.84 Å². The summed E-state index contributed by atoms with van der Waals surface area (Å²) in [4.78, 5) is 5.27. The topological polar surface area (TPSA) is 75.8 Å². The van der Waals surface area contributed by atoms with E-state index in [1.54, 1.807) is 0 Å². The fourth-order valence-corrected chi connectivity index (χ4v) is 7.83. The molecule has 0 fully saturated rings. The van der Waals surface area contributed by atoms with Crippen molar-refractivity contribution in [3.8, 4) is 11.1 Å². The van der Waals surface area contributed by atoms with Crippen molar-refractivity contribution >= 4 is 71.7 Å². The number of furan rings is 3. The molecule has 1 aliphatic heterocycles. The smallest absolute Gasteiger partial charge is 0.146 e. The Kier molecular flexibility index (Phi) is 6.05. The van der Waals surface area contributed by atoms with Crippen molar-refractivity contribution < 1.29 is 13.3 Å². The number of benzene rings is 7. The van der Waals surface area contributed by atoms with Crippen molar-refractivity contribution in [1.29, 1.82) is 0 Å². The standard InChI is InChI=1S/C45H29N3O3/c1-2-11-26(12-3-1)43-46-44(33-18-10-22-39-40(33)32-14-5-7-21-37(32)49-39)48-45(47-43)34-19-9-17-31-35-25-27(23-24-38(35)51-42(31)34)28-15-8-16-30-29-13-4-6-20-36(29)50-41(28)30/h1-25,43-44,46H,(H,47,48). The average Bonchev–Trinajstić information content (AvgIpc) is 3.89. The Balaban J connectivity index is 1.06. The van der Waals surface area contributed by atoms with Gasteiger partial charge in [-0.2, -0.15) is 0 Å². The number of rotatable bonds is 4. The lowest BCUT2D eigenvalue weighted by Crippen LogP contribution is -2.45. The summed E-state index contributed by atoms with van der Waals surface area (Å²) < 4.78 is 19.3. The van der Waals surface area contributed by atoms with E-state index in [1.165, 1.54) is 0 Å². The van der Waals surface area contributed by atoms with Crippen LogP contribution >= 0.6 is 0 Å². The van der Waals surface area contributed by atoms with Gasteiger partial charge in [0.25, 0.3) is 0 Å². The minimum atomic E-state index is -0.295. The van der Waals surface area contributed by atoms with E-state index in [9.17, 15) is 0 Å². The van der Waals surface area contributed by atoms with E-state index in [0.717, 1.165) is 99.5 Å². The molecule has 0 spiro atoms. The highest BCUT2D eigenvalue weighted by Crippen LogP contribution is 2.40. The van der Waals surface area contributed by atoms with Crippen molar-refractivity contribution in [2.75, 3.05) is 0 Å². The molecule has 6 nitrogen and oxygen atoms in total. The molecular weight excluding hydrogens is 631 g/mol. The molecule has 11 rings (SSSR count). The van der Waals surface area contributed by atoms with Gasteiger partial charge in [0.15, 0.2) is 0 Å². The number of aliphatic imine (C=N–C) groups is 1. The first-order valence-corrected chi connectivity index (χ1v) is 17.2. The van der Waals surface area contributed by atoms with Gasteiger partial charge in [0.2, 0.25) is 0 Å². The van der Waals surface area contributed by atoms with Gasteiger partial charge in [-0.05, 0) is 47.5 Å². The first kappa shape index (κ1) is 28.2. The number of hydrogen-bond acceptors (Lipinski definition) is 6. The van der Waals surface area contributed by atoms with Crippen molar-refractivity contribution in [3.05, 3.63) is 168 Å². The minimum Gasteiger partial charge on any atom is -0.456 e. The van der Waals surface area contributed by atoms with Crippen molar-refractivity contribution in [3.63, 3.8) is 0 Å². The van der Waals surface area contributed by atoms with E-state index in [1.807, 2.05) is 36.4 Å². The number of nitrogens with zero attached hydrogens (tertiary/aromatic N) is 1. The summed E-state index contributed by atoms with van der Waals surface area (Å²) in [5.74, 6) is 0.759. The molecule has 0 radical (unpaired) electrons. The molecule has 0 amide bonds. The van der Waals surface area contributed by atoms with E-state index >= 15 is 0 Å². The Bertz CT molecular complexity index is 3000. The fraction of sp³-hybridized carbons (Fsp3) is 0.0444. The quantitative estimate of drug-likeness (QED) is 0.197. The Morgan fingerprint density at radius 3 is 1.94 bits per heavy atom. The van der Waals surface area contributed by atoms with E-state index < -0.39 is 0 Å². The van der Waals surface area contributed by atoms with Crippen LogP contribution < -0.4 is 10.6 Å². The highest BCUT2D eigenvalue weighted by molar-refractivity contribution is 6.16. The zero-order valence-corrected chi connectivity index (χ0v) is 27.3. The lowest BCUT2D eigenvalue weighted by Gasteiger charge is -2.32. The van der Waals surface area contributed by atoms with Gasteiger partial charge in [0, 0.05) is 43.4 Å². The molecule has 0 bridgehead atoms. The van der Waals surface area contributed by atoms with Crippen LogP contribution in [0.5, 0.6) is 0 Å². The van der Waals surface area contributed by atoms with Crippen LogP contribution in [0.2, 0.25) is 0 Å². The highest BCUT2D eigenvalue weighted by atomic mass is 16.3. The Labute approximate surface area is 291 Å². The van der Waals surface area contributed by atoms with Crippen LogP contribution in [0.25, 0.3) is 76.9 Å². The van der Waals surface area contributed by atoms with Gasteiger partial charge in [-0.1, -0.05) is 115 Å². The Morgan fingerprint density at radius 2 is 1.10 bits per heavy atom. The summed E-state index contributed by atoms with van der Waals surface area (Å²) in [6, 6.07) is 52.0. The number of fused-ring (bicyclic) bond motifs is 9. The first-order valence-electron chi connectivity index (χ1n) is 17.2. The third-order valence-electron chi connectivity index (χ3n) is 10.2. The minimum absolute atomic E-state index is 0.261. The number of nitrogens with one attached hydrogen (secondary N) is 2. The third-order valence-corrected chi connectivity index (χ3v) is 10.2. The van der Waals surface area contributed by atoms with E-state index in [0.29, 0.717) is 0 Å². The maximum Gasteiger partial charge on any atom is 0.146 e. The van der Waals surface area contributed by atoms with Crippen LogP contribution in [0.3, 0.4) is 0 Å². The summed E-state index contributed by atoms with van der Waals surface area (Å²) in [6.45, 7) is 0. The molecule has 51 heavy (non-hydrogen) atoms. The maximum atomic E-state index is 6.68. The second-order valence-corrected chi connectivity index (χ2v) is 13.1. The summed E-state index contributed by atoms with van der Waals surface area (Å²) in [6.07, 6.45) is -0.556. The molecule has 10 aromatic rings. The van der Waals surface area contributed by atoms with Gasteiger partial charge in [0.1, 0.15) is 51.7 Å². The molecule has 242 valence electrons. The molecule has 1 aliphatic rings. The molecule has 2 atom stereocenters. The van der Waals surface area contributed by atoms with Crippen molar-refractivity contribution in [2.45, 2.75) is 12.3 Å².